The molecule has 130 valence electrons. The van der Waals surface area contributed by atoms with E-state index in [0.29, 0.717) is 16.8 Å². The number of hydrogen-bond donors (Lipinski definition) is 1. The molecule has 0 aliphatic rings. The molecular formula is C17H14F3N3O2. The molecule has 5 nitrogen and oxygen atoms in total. The lowest BCUT2D eigenvalue weighted by Gasteiger charge is -2.19. The quantitative estimate of drug-likeness (QED) is 0.775. The Hall–Kier alpha value is -2.90. The number of hydrogen-bond acceptors (Lipinski definition) is 4. The topological polar surface area (TPSA) is 68.0 Å². The zero-order valence-corrected chi connectivity index (χ0v) is 13.4. The van der Waals surface area contributed by atoms with Crippen LogP contribution in [0.15, 0.2) is 41.1 Å². The van der Waals surface area contributed by atoms with E-state index in [2.05, 4.69) is 15.5 Å². The lowest BCUT2D eigenvalue weighted by molar-refractivity contribution is -0.138. The van der Waals surface area contributed by atoms with Gasteiger partial charge in [-0.15, -0.1) is 0 Å². The highest BCUT2D eigenvalue weighted by atomic mass is 19.4. The molecule has 25 heavy (non-hydrogen) atoms. The molecule has 3 rings (SSSR count). The van der Waals surface area contributed by atoms with Gasteiger partial charge in [-0.25, -0.2) is 4.98 Å². The van der Waals surface area contributed by atoms with Crippen molar-refractivity contribution >= 4 is 17.0 Å². The van der Waals surface area contributed by atoms with Crippen molar-refractivity contribution in [2.45, 2.75) is 26.1 Å². The first-order valence-corrected chi connectivity index (χ1v) is 7.46. The maximum Gasteiger partial charge on any atom is 0.416 e. The van der Waals surface area contributed by atoms with Crippen molar-refractivity contribution in [3.05, 3.63) is 58.9 Å². The average Bonchev–Trinajstić information content (AvgIpc) is 2.94. The summed E-state index contributed by atoms with van der Waals surface area (Å²) >= 11 is 0. The molecule has 1 atom stereocenters. The molecule has 3 aromatic rings. The number of pyridine rings is 1. The number of halogens is 3. The standard InChI is InChI=1S/C17H14F3N3O2/c1-9(12-5-3-4-6-14(12)17(18,19)20)22-15(24)11-7-13-10(2)23-25-16(13)21-8-11/h3-9H,1-2H3,(H,22,24)/t9-/m0/s1. The Labute approximate surface area is 140 Å². The maximum absolute atomic E-state index is 13.1. The van der Waals surface area contributed by atoms with Crippen LogP contribution in [-0.4, -0.2) is 16.0 Å². The van der Waals surface area contributed by atoms with E-state index in [4.69, 9.17) is 4.52 Å². The van der Waals surface area contributed by atoms with Crippen LogP contribution in [0, 0.1) is 6.92 Å². The van der Waals surface area contributed by atoms with Gasteiger partial charge in [0, 0.05) is 6.20 Å². The van der Waals surface area contributed by atoms with Crippen LogP contribution in [-0.2, 0) is 6.18 Å². The minimum atomic E-state index is -4.49. The Balaban J connectivity index is 1.86. The van der Waals surface area contributed by atoms with Crippen molar-refractivity contribution in [1.29, 1.82) is 0 Å². The molecule has 0 aliphatic carbocycles. The van der Waals surface area contributed by atoms with Crippen molar-refractivity contribution in [3.63, 3.8) is 0 Å². The zero-order chi connectivity index (χ0) is 18.2. The SMILES string of the molecule is Cc1noc2ncc(C(=O)N[C@@H](C)c3ccccc3C(F)(F)F)cc12. The summed E-state index contributed by atoms with van der Waals surface area (Å²) < 4.78 is 44.3. The van der Waals surface area contributed by atoms with E-state index in [1.54, 1.807) is 13.0 Å². The number of benzene rings is 1. The second-order valence-electron chi connectivity index (χ2n) is 5.62. The van der Waals surface area contributed by atoms with E-state index in [1.165, 1.54) is 31.3 Å². The third-order valence-electron chi connectivity index (χ3n) is 3.85. The smallest absolute Gasteiger partial charge is 0.345 e. The summed E-state index contributed by atoms with van der Waals surface area (Å²) in [6.07, 6.45) is -3.19. The second kappa shape index (κ2) is 6.19. The third kappa shape index (κ3) is 3.33. The van der Waals surface area contributed by atoms with E-state index >= 15 is 0 Å². The van der Waals surface area contributed by atoms with Gasteiger partial charge in [-0.2, -0.15) is 13.2 Å². The van der Waals surface area contributed by atoms with E-state index in [9.17, 15) is 18.0 Å². The predicted octanol–water partition coefficient (Wildman–Crippen LogP) is 4.04. The van der Waals surface area contributed by atoms with E-state index in [1.807, 2.05) is 0 Å². The summed E-state index contributed by atoms with van der Waals surface area (Å²) in [5.41, 5.74) is 0.317. The number of alkyl halides is 3. The summed E-state index contributed by atoms with van der Waals surface area (Å²) in [7, 11) is 0. The van der Waals surface area contributed by atoms with Crippen molar-refractivity contribution in [3.8, 4) is 0 Å². The molecule has 0 radical (unpaired) electrons. The average molecular weight is 349 g/mol. The second-order valence-corrected chi connectivity index (χ2v) is 5.62. The van der Waals surface area contributed by atoms with Crippen LogP contribution in [0.5, 0.6) is 0 Å². The van der Waals surface area contributed by atoms with Crippen molar-refractivity contribution in [2.75, 3.05) is 0 Å². The zero-order valence-electron chi connectivity index (χ0n) is 13.4. The van der Waals surface area contributed by atoms with E-state index in [-0.39, 0.29) is 11.1 Å². The summed E-state index contributed by atoms with van der Waals surface area (Å²) in [5, 5.41) is 6.90. The number of nitrogens with zero attached hydrogens (tertiary/aromatic N) is 2. The molecule has 1 amide bonds. The molecule has 0 aliphatic heterocycles. The molecule has 0 fully saturated rings. The van der Waals surface area contributed by atoms with Gasteiger partial charge >= 0.3 is 6.18 Å². The van der Waals surface area contributed by atoms with Gasteiger partial charge < -0.3 is 9.84 Å². The summed E-state index contributed by atoms with van der Waals surface area (Å²) in [6, 6.07) is 5.87. The Morgan fingerprint density at radius 3 is 2.72 bits per heavy atom. The van der Waals surface area contributed by atoms with Crippen LogP contribution >= 0.6 is 0 Å². The van der Waals surface area contributed by atoms with Crippen LogP contribution in [0.2, 0.25) is 0 Å². The maximum atomic E-state index is 13.1. The molecule has 8 heteroatoms. The number of rotatable bonds is 3. The van der Waals surface area contributed by atoms with Gasteiger partial charge in [0.25, 0.3) is 11.6 Å². The first-order chi connectivity index (χ1) is 11.8. The van der Waals surface area contributed by atoms with Gasteiger partial charge in [0.1, 0.15) is 0 Å². The highest BCUT2D eigenvalue weighted by Crippen LogP contribution is 2.34. The number of nitrogens with one attached hydrogen (secondary N) is 1. The normalized spacial score (nSPS) is 13.0. The summed E-state index contributed by atoms with van der Waals surface area (Å²) in [4.78, 5) is 16.4. The molecule has 0 unspecified atom stereocenters. The molecule has 2 aromatic heterocycles. The Bertz CT molecular complexity index is 934. The van der Waals surface area contributed by atoms with Gasteiger partial charge in [0.05, 0.1) is 28.2 Å². The highest BCUT2D eigenvalue weighted by molar-refractivity contribution is 5.97. The fourth-order valence-electron chi connectivity index (χ4n) is 2.56. The number of fused-ring (bicyclic) bond motifs is 1. The Kier molecular flexibility index (Phi) is 4.20. The fraction of sp³-hybridized carbons (Fsp3) is 0.235. The van der Waals surface area contributed by atoms with Gasteiger partial charge in [-0.1, -0.05) is 23.4 Å². The molecular weight excluding hydrogens is 335 g/mol. The number of carbonyl (C=O) groups excluding carboxylic acids is 1. The summed E-state index contributed by atoms with van der Waals surface area (Å²) in [6.45, 7) is 3.20. The number of carbonyl (C=O) groups is 1. The third-order valence-corrected chi connectivity index (χ3v) is 3.85. The molecule has 1 N–H and O–H groups in total. The van der Waals surface area contributed by atoms with E-state index < -0.39 is 23.7 Å². The Morgan fingerprint density at radius 1 is 1.28 bits per heavy atom. The summed E-state index contributed by atoms with van der Waals surface area (Å²) in [5.74, 6) is -0.528. The van der Waals surface area contributed by atoms with Crippen molar-refractivity contribution in [1.82, 2.24) is 15.5 Å². The molecule has 0 spiro atoms. The largest absolute Gasteiger partial charge is 0.416 e. The highest BCUT2D eigenvalue weighted by Gasteiger charge is 2.34. The number of aromatic nitrogens is 2. The number of amides is 1. The van der Waals surface area contributed by atoms with Crippen LogP contribution in [0.1, 0.15) is 40.1 Å². The lowest BCUT2D eigenvalue weighted by Crippen LogP contribution is -2.28. The molecule has 1 aromatic carbocycles. The van der Waals surface area contributed by atoms with Crippen LogP contribution in [0.3, 0.4) is 0 Å². The van der Waals surface area contributed by atoms with Gasteiger partial charge in [0.2, 0.25) is 0 Å². The fourth-order valence-corrected chi connectivity index (χ4v) is 2.56. The minimum Gasteiger partial charge on any atom is -0.345 e. The first-order valence-electron chi connectivity index (χ1n) is 7.46. The van der Waals surface area contributed by atoms with Crippen LogP contribution in [0.4, 0.5) is 13.2 Å². The van der Waals surface area contributed by atoms with Crippen molar-refractivity contribution in [2.24, 2.45) is 0 Å². The minimum absolute atomic E-state index is 0.00135. The van der Waals surface area contributed by atoms with Crippen molar-refractivity contribution < 1.29 is 22.5 Å². The van der Waals surface area contributed by atoms with E-state index in [0.717, 1.165) is 6.07 Å². The Morgan fingerprint density at radius 2 is 2.00 bits per heavy atom. The van der Waals surface area contributed by atoms with Gasteiger partial charge in [-0.05, 0) is 31.5 Å². The molecule has 2 heterocycles. The molecule has 0 saturated heterocycles. The lowest BCUT2D eigenvalue weighted by atomic mass is 10.0. The monoisotopic (exact) mass is 349 g/mol. The molecule has 0 bridgehead atoms. The predicted molar refractivity (Wildman–Crippen MR) is 83.9 cm³/mol. The molecule has 0 saturated carbocycles. The van der Waals surface area contributed by atoms with Crippen LogP contribution in [0.25, 0.3) is 11.1 Å². The first kappa shape index (κ1) is 16.9. The van der Waals surface area contributed by atoms with Gasteiger partial charge in [0.15, 0.2) is 0 Å². The number of aryl methyl sites for hydroxylation is 1. The van der Waals surface area contributed by atoms with Crippen LogP contribution < -0.4 is 5.32 Å². The van der Waals surface area contributed by atoms with Gasteiger partial charge in [-0.3, -0.25) is 4.79 Å².